The molecule has 0 amide bonds. The van der Waals surface area contributed by atoms with Gasteiger partial charge in [-0.15, -0.1) is 0 Å². The van der Waals surface area contributed by atoms with Crippen LogP contribution in [0.2, 0.25) is 0 Å². The molecule has 2 nitrogen and oxygen atoms in total. The molecule has 1 saturated carbocycles. The molecule has 0 aliphatic heterocycles. The smallest absolute Gasteiger partial charge is 0.0612 e. The van der Waals surface area contributed by atoms with Gasteiger partial charge in [-0.2, -0.15) is 0 Å². The minimum atomic E-state index is 0.0117. The van der Waals surface area contributed by atoms with Crippen LogP contribution in [0.3, 0.4) is 0 Å². The summed E-state index contributed by atoms with van der Waals surface area (Å²) < 4.78 is 5.94. The van der Waals surface area contributed by atoms with Gasteiger partial charge in [-0.05, 0) is 46.0 Å². The molecule has 0 aromatic carbocycles. The second-order valence-corrected chi connectivity index (χ2v) is 6.45. The summed E-state index contributed by atoms with van der Waals surface area (Å²) in [5.41, 5.74) is 0.0117. The highest BCUT2D eigenvalue weighted by Gasteiger charge is 2.33. The molecule has 0 aromatic rings. The van der Waals surface area contributed by atoms with Crippen LogP contribution in [0, 0.1) is 5.92 Å². The molecule has 0 aromatic heterocycles. The van der Waals surface area contributed by atoms with Crippen LogP contribution in [0.5, 0.6) is 0 Å². The average Bonchev–Trinajstić information content (AvgIpc) is 2.06. The third-order valence-corrected chi connectivity index (χ3v) is 3.31. The maximum atomic E-state index is 5.94. The van der Waals surface area contributed by atoms with Crippen LogP contribution in [0.4, 0.5) is 0 Å². The second-order valence-electron chi connectivity index (χ2n) is 6.45. The summed E-state index contributed by atoms with van der Waals surface area (Å²) in [6.07, 6.45) is 4.06. The predicted octanol–water partition coefficient (Wildman–Crippen LogP) is 3.36. The van der Waals surface area contributed by atoms with Crippen molar-refractivity contribution >= 4 is 0 Å². The Labute approximate surface area is 101 Å². The van der Waals surface area contributed by atoms with Gasteiger partial charge in [0, 0.05) is 12.1 Å². The number of hydrogen-bond donors (Lipinski definition) is 1. The molecule has 16 heavy (non-hydrogen) atoms. The molecule has 1 atom stereocenters. The van der Waals surface area contributed by atoms with Gasteiger partial charge in [0.15, 0.2) is 0 Å². The summed E-state index contributed by atoms with van der Waals surface area (Å²) in [6.45, 7) is 13.3. The van der Waals surface area contributed by atoms with E-state index in [1.807, 2.05) is 0 Å². The first kappa shape index (κ1) is 14.0. The van der Waals surface area contributed by atoms with Crippen molar-refractivity contribution < 1.29 is 4.74 Å². The molecule has 1 fully saturated rings. The molecule has 0 bridgehead atoms. The number of nitrogens with one attached hydrogen (secondary N) is 1. The summed E-state index contributed by atoms with van der Waals surface area (Å²) in [7, 11) is 0. The van der Waals surface area contributed by atoms with Crippen molar-refractivity contribution in [2.75, 3.05) is 0 Å². The first-order valence-electron chi connectivity index (χ1n) is 6.75. The van der Waals surface area contributed by atoms with Crippen LogP contribution < -0.4 is 5.32 Å². The quantitative estimate of drug-likeness (QED) is 0.777. The van der Waals surface area contributed by atoms with Gasteiger partial charge < -0.3 is 10.1 Å². The summed E-state index contributed by atoms with van der Waals surface area (Å²) in [6, 6.07) is 1.35. The Balaban J connectivity index is 2.21. The SMILES string of the molecule is CCC(NC1CC(OC(C)(C)C)C1)C(C)C. The zero-order valence-corrected chi connectivity index (χ0v) is 11.8. The summed E-state index contributed by atoms with van der Waals surface area (Å²) in [5, 5.41) is 3.74. The molecule has 1 unspecified atom stereocenters. The van der Waals surface area contributed by atoms with Gasteiger partial charge in [0.2, 0.25) is 0 Å². The van der Waals surface area contributed by atoms with E-state index in [0.29, 0.717) is 18.2 Å². The van der Waals surface area contributed by atoms with Crippen LogP contribution in [0.25, 0.3) is 0 Å². The highest BCUT2D eigenvalue weighted by molar-refractivity contribution is 4.90. The van der Waals surface area contributed by atoms with Crippen molar-refractivity contribution in [3.05, 3.63) is 0 Å². The fourth-order valence-corrected chi connectivity index (χ4v) is 2.38. The van der Waals surface area contributed by atoms with Gasteiger partial charge in [0.25, 0.3) is 0 Å². The second kappa shape index (κ2) is 5.50. The Morgan fingerprint density at radius 3 is 2.19 bits per heavy atom. The van der Waals surface area contributed by atoms with E-state index in [0.717, 1.165) is 5.92 Å². The van der Waals surface area contributed by atoms with E-state index < -0.39 is 0 Å². The van der Waals surface area contributed by atoms with Crippen LogP contribution in [-0.2, 0) is 4.74 Å². The lowest BCUT2D eigenvalue weighted by molar-refractivity contribution is -0.104. The van der Waals surface area contributed by atoms with Gasteiger partial charge in [0.1, 0.15) is 0 Å². The van der Waals surface area contributed by atoms with Crippen LogP contribution >= 0.6 is 0 Å². The van der Waals surface area contributed by atoms with Crippen LogP contribution in [-0.4, -0.2) is 23.8 Å². The summed E-state index contributed by atoms with van der Waals surface area (Å²) in [5.74, 6) is 0.729. The molecule has 0 saturated heterocycles. The summed E-state index contributed by atoms with van der Waals surface area (Å²) >= 11 is 0. The van der Waals surface area contributed by atoms with Crippen molar-refractivity contribution in [3.63, 3.8) is 0 Å². The highest BCUT2D eigenvalue weighted by atomic mass is 16.5. The Morgan fingerprint density at radius 2 is 1.81 bits per heavy atom. The van der Waals surface area contributed by atoms with Crippen molar-refractivity contribution in [1.29, 1.82) is 0 Å². The van der Waals surface area contributed by atoms with E-state index in [9.17, 15) is 0 Å². The molecule has 0 heterocycles. The minimum absolute atomic E-state index is 0.0117. The molecule has 1 rings (SSSR count). The molecule has 1 aliphatic rings. The van der Waals surface area contributed by atoms with Crippen LogP contribution in [0.15, 0.2) is 0 Å². The zero-order valence-electron chi connectivity index (χ0n) is 11.8. The van der Waals surface area contributed by atoms with E-state index in [1.165, 1.54) is 19.3 Å². The molecule has 96 valence electrons. The fourth-order valence-electron chi connectivity index (χ4n) is 2.38. The zero-order chi connectivity index (χ0) is 12.3. The largest absolute Gasteiger partial charge is 0.373 e. The van der Waals surface area contributed by atoms with Crippen LogP contribution in [0.1, 0.15) is 60.8 Å². The van der Waals surface area contributed by atoms with E-state index in [4.69, 9.17) is 4.74 Å². The third kappa shape index (κ3) is 4.42. The maximum Gasteiger partial charge on any atom is 0.0612 e. The Hall–Kier alpha value is -0.0800. The molecular weight excluding hydrogens is 198 g/mol. The minimum Gasteiger partial charge on any atom is -0.373 e. The van der Waals surface area contributed by atoms with Gasteiger partial charge in [-0.25, -0.2) is 0 Å². The van der Waals surface area contributed by atoms with Crippen molar-refractivity contribution in [2.45, 2.75) is 84.6 Å². The van der Waals surface area contributed by atoms with E-state index in [1.54, 1.807) is 0 Å². The average molecular weight is 227 g/mol. The van der Waals surface area contributed by atoms with Crippen molar-refractivity contribution in [2.24, 2.45) is 5.92 Å². The first-order chi connectivity index (χ1) is 7.31. The monoisotopic (exact) mass is 227 g/mol. The highest BCUT2D eigenvalue weighted by Crippen LogP contribution is 2.28. The lowest BCUT2D eigenvalue weighted by Gasteiger charge is -2.41. The lowest BCUT2D eigenvalue weighted by atomic mass is 9.86. The first-order valence-corrected chi connectivity index (χ1v) is 6.75. The molecule has 2 heteroatoms. The van der Waals surface area contributed by atoms with E-state index in [2.05, 4.69) is 46.9 Å². The maximum absolute atomic E-state index is 5.94. The number of hydrogen-bond acceptors (Lipinski definition) is 2. The predicted molar refractivity (Wildman–Crippen MR) is 69.7 cm³/mol. The topological polar surface area (TPSA) is 21.3 Å². The normalized spacial score (nSPS) is 27.9. The molecule has 0 radical (unpaired) electrons. The number of ether oxygens (including phenoxy) is 1. The third-order valence-electron chi connectivity index (χ3n) is 3.31. The van der Waals surface area contributed by atoms with Gasteiger partial charge in [-0.1, -0.05) is 20.8 Å². The van der Waals surface area contributed by atoms with E-state index >= 15 is 0 Å². The molecule has 0 spiro atoms. The van der Waals surface area contributed by atoms with Crippen molar-refractivity contribution in [1.82, 2.24) is 5.32 Å². The Bertz CT molecular complexity index is 201. The van der Waals surface area contributed by atoms with Gasteiger partial charge in [-0.3, -0.25) is 0 Å². The van der Waals surface area contributed by atoms with Gasteiger partial charge in [0.05, 0.1) is 11.7 Å². The number of rotatable bonds is 5. The molecule has 1 aliphatic carbocycles. The molecular formula is C14H29NO. The van der Waals surface area contributed by atoms with Gasteiger partial charge >= 0.3 is 0 Å². The fraction of sp³-hybridized carbons (Fsp3) is 1.00. The van der Waals surface area contributed by atoms with Crippen molar-refractivity contribution in [3.8, 4) is 0 Å². The van der Waals surface area contributed by atoms with E-state index in [-0.39, 0.29) is 5.60 Å². The summed E-state index contributed by atoms with van der Waals surface area (Å²) in [4.78, 5) is 0. The Morgan fingerprint density at radius 1 is 1.25 bits per heavy atom. The Kier molecular flexibility index (Phi) is 4.81. The standard InChI is InChI=1S/C14H29NO/c1-7-13(10(2)3)15-11-8-12(9-11)16-14(4,5)6/h10-13,15H,7-9H2,1-6H3. The lowest BCUT2D eigenvalue weighted by Crippen LogP contribution is -2.52. The molecule has 1 N–H and O–H groups in total.